The highest BCUT2D eigenvalue weighted by molar-refractivity contribution is 5.76. The van der Waals surface area contributed by atoms with Crippen molar-refractivity contribution < 1.29 is 9.53 Å². The number of amides is 1. The summed E-state index contributed by atoms with van der Waals surface area (Å²) >= 11 is 0. The molecule has 1 fully saturated rings. The Morgan fingerprint density at radius 2 is 2.33 bits per heavy atom. The predicted molar refractivity (Wildman–Crippen MR) is 88.6 cm³/mol. The lowest BCUT2D eigenvalue weighted by Crippen LogP contribution is -2.44. The Morgan fingerprint density at radius 1 is 1.46 bits per heavy atom. The van der Waals surface area contributed by atoms with E-state index in [9.17, 15) is 4.79 Å². The van der Waals surface area contributed by atoms with E-state index in [0.717, 1.165) is 42.8 Å². The van der Waals surface area contributed by atoms with Crippen LogP contribution >= 0.6 is 0 Å². The molecular weight excluding hydrogens is 306 g/mol. The van der Waals surface area contributed by atoms with Crippen molar-refractivity contribution in [1.82, 2.24) is 25.3 Å². The summed E-state index contributed by atoms with van der Waals surface area (Å²) in [4.78, 5) is 14.4. The van der Waals surface area contributed by atoms with Gasteiger partial charge in [0.05, 0.1) is 12.2 Å². The number of aromatic nitrogens is 4. The van der Waals surface area contributed by atoms with Crippen molar-refractivity contribution in [1.29, 1.82) is 0 Å². The van der Waals surface area contributed by atoms with Crippen molar-refractivity contribution in [2.24, 2.45) is 0 Å². The number of nitrogens with zero attached hydrogens (tertiary/aromatic N) is 4. The van der Waals surface area contributed by atoms with Gasteiger partial charge in [0, 0.05) is 30.9 Å². The first kappa shape index (κ1) is 16.4. The Bertz CT molecular complexity index is 666. The highest BCUT2D eigenvalue weighted by atomic mass is 16.5. The van der Waals surface area contributed by atoms with Crippen molar-refractivity contribution in [2.75, 3.05) is 13.1 Å². The van der Waals surface area contributed by atoms with Gasteiger partial charge in [0.1, 0.15) is 6.10 Å². The molecule has 1 amide bonds. The smallest absolute Gasteiger partial charge is 0.233 e. The third kappa shape index (κ3) is 3.90. The number of hydrogen-bond donors (Lipinski definition) is 1. The van der Waals surface area contributed by atoms with Crippen LogP contribution in [-0.2, 0) is 11.2 Å². The maximum absolute atomic E-state index is 12.5. The van der Waals surface area contributed by atoms with Gasteiger partial charge >= 0.3 is 0 Å². The number of carbonyl (C=O) groups is 1. The van der Waals surface area contributed by atoms with E-state index < -0.39 is 0 Å². The maximum atomic E-state index is 12.5. The van der Waals surface area contributed by atoms with E-state index in [1.807, 2.05) is 18.7 Å². The number of aryl methyl sites for hydroxylation is 2. The molecule has 24 heavy (non-hydrogen) atoms. The van der Waals surface area contributed by atoms with Gasteiger partial charge in [0.15, 0.2) is 0 Å². The molecular formula is C17H23N5O2. The van der Waals surface area contributed by atoms with Gasteiger partial charge in [-0.25, -0.2) is 0 Å². The third-order valence-corrected chi connectivity index (χ3v) is 4.44. The van der Waals surface area contributed by atoms with Gasteiger partial charge in [-0.1, -0.05) is 0 Å². The summed E-state index contributed by atoms with van der Waals surface area (Å²) in [5, 5.41) is 14.9. The molecule has 2 aromatic heterocycles. The van der Waals surface area contributed by atoms with Crippen molar-refractivity contribution >= 4 is 5.91 Å². The molecule has 7 nitrogen and oxygen atoms in total. The zero-order valence-electron chi connectivity index (χ0n) is 14.2. The second-order valence-electron chi connectivity index (χ2n) is 6.20. The molecule has 0 saturated carbocycles. The Morgan fingerprint density at radius 3 is 3.04 bits per heavy atom. The van der Waals surface area contributed by atoms with Gasteiger partial charge in [-0.2, -0.15) is 10.2 Å². The predicted octanol–water partition coefficient (Wildman–Crippen LogP) is 1.82. The van der Waals surface area contributed by atoms with Crippen molar-refractivity contribution in [3.05, 3.63) is 35.3 Å². The van der Waals surface area contributed by atoms with Gasteiger partial charge < -0.3 is 9.64 Å². The summed E-state index contributed by atoms with van der Waals surface area (Å²) in [6.45, 7) is 5.36. The summed E-state index contributed by atoms with van der Waals surface area (Å²) in [7, 11) is 0. The van der Waals surface area contributed by atoms with Crippen LogP contribution in [0.4, 0.5) is 0 Å². The molecule has 1 aliphatic rings. The van der Waals surface area contributed by atoms with Gasteiger partial charge in [-0.05, 0) is 44.7 Å². The van der Waals surface area contributed by atoms with E-state index in [1.165, 1.54) is 0 Å². The quantitative estimate of drug-likeness (QED) is 0.904. The Balaban J connectivity index is 1.53. The van der Waals surface area contributed by atoms with Crippen LogP contribution in [0.1, 0.15) is 36.2 Å². The molecule has 1 unspecified atom stereocenters. The first-order valence-corrected chi connectivity index (χ1v) is 8.36. The molecule has 1 N–H and O–H groups in total. The first-order chi connectivity index (χ1) is 11.6. The van der Waals surface area contributed by atoms with Crippen LogP contribution in [0.25, 0.3) is 0 Å². The van der Waals surface area contributed by atoms with Crippen LogP contribution in [0.15, 0.2) is 18.3 Å². The highest BCUT2D eigenvalue weighted by Gasteiger charge is 2.25. The average Bonchev–Trinajstić information content (AvgIpc) is 2.92. The number of ether oxygens (including phenoxy) is 1. The van der Waals surface area contributed by atoms with Gasteiger partial charge in [0.25, 0.3) is 0 Å². The van der Waals surface area contributed by atoms with Crippen molar-refractivity contribution in [2.45, 2.75) is 45.6 Å². The summed E-state index contributed by atoms with van der Waals surface area (Å²) < 4.78 is 5.84. The summed E-state index contributed by atoms with van der Waals surface area (Å²) in [6, 6.07) is 3.59. The Hall–Kier alpha value is -2.44. The summed E-state index contributed by atoms with van der Waals surface area (Å²) in [5.41, 5.74) is 3.17. The van der Waals surface area contributed by atoms with Gasteiger partial charge in [0.2, 0.25) is 11.8 Å². The zero-order chi connectivity index (χ0) is 16.9. The number of rotatable bonds is 5. The number of hydrogen-bond acceptors (Lipinski definition) is 5. The molecule has 0 aliphatic carbocycles. The monoisotopic (exact) mass is 329 g/mol. The minimum Gasteiger partial charge on any atom is -0.471 e. The molecule has 0 bridgehead atoms. The summed E-state index contributed by atoms with van der Waals surface area (Å²) in [5.74, 6) is 0.684. The number of H-pyrrole nitrogens is 1. The standard InChI is InChI=1S/C17H23N5O2/c1-12-15(13(2)20-19-12)7-8-17(23)22-10-4-5-14(11-22)24-16-6-3-9-18-21-16/h3,6,9,14H,4-5,7-8,10-11H2,1-2H3,(H,19,20). The van der Waals surface area contributed by atoms with Crippen molar-refractivity contribution in [3.8, 4) is 5.88 Å². The molecule has 0 aromatic carbocycles. The SMILES string of the molecule is Cc1n[nH]c(C)c1CCC(=O)N1CCCC(Oc2cccnn2)C1. The van der Waals surface area contributed by atoms with Gasteiger partial charge in [-0.15, -0.1) is 5.10 Å². The molecule has 1 saturated heterocycles. The second kappa shape index (κ2) is 7.42. The van der Waals surface area contributed by atoms with Crippen LogP contribution in [0.5, 0.6) is 5.88 Å². The average molecular weight is 329 g/mol. The molecule has 0 radical (unpaired) electrons. The van der Waals surface area contributed by atoms with E-state index in [2.05, 4.69) is 20.4 Å². The minimum absolute atomic E-state index is 0.0169. The topological polar surface area (TPSA) is 84.0 Å². The lowest BCUT2D eigenvalue weighted by Gasteiger charge is -2.32. The zero-order valence-corrected chi connectivity index (χ0v) is 14.2. The van der Waals surface area contributed by atoms with Crippen LogP contribution < -0.4 is 4.74 Å². The molecule has 2 aromatic rings. The van der Waals surface area contributed by atoms with Crippen LogP contribution in [0.2, 0.25) is 0 Å². The number of aromatic amines is 1. The number of carbonyl (C=O) groups excluding carboxylic acids is 1. The minimum atomic E-state index is -0.0169. The fourth-order valence-corrected chi connectivity index (χ4v) is 3.11. The van der Waals surface area contributed by atoms with E-state index in [-0.39, 0.29) is 12.0 Å². The second-order valence-corrected chi connectivity index (χ2v) is 6.20. The molecule has 7 heteroatoms. The number of nitrogens with one attached hydrogen (secondary N) is 1. The molecule has 3 heterocycles. The maximum Gasteiger partial charge on any atom is 0.233 e. The fourth-order valence-electron chi connectivity index (χ4n) is 3.11. The lowest BCUT2D eigenvalue weighted by atomic mass is 10.0. The lowest BCUT2D eigenvalue weighted by molar-refractivity contribution is -0.133. The largest absolute Gasteiger partial charge is 0.471 e. The first-order valence-electron chi connectivity index (χ1n) is 8.36. The molecule has 1 atom stereocenters. The number of piperidine rings is 1. The molecule has 128 valence electrons. The van der Waals surface area contributed by atoms with E-state index in [0.29, 0.717) is 18.8 Å². The van der Waals surface area contributed by atoms with Crippen molar-refractivity contribution in [3.63, 3.8) is 0 Å². The normalized spacial score (nSPS) is 17.8. The Kier molecular flexibility index (Phi) is 5.08. The van der Waals surface area contributed by atoms with Crippen LogP contribution in [0, 0.1) is 13.8 Å². The molecule has 3 rings (SSSR count). The summed E-state index contributed by atoms with van der Waals surface area (Å²) in [6.07, 6.45) is 4.69. The van der Waals surface area contributed by atoms with Gasteiger partial charge in [-0.3, -0.25) is 9.89 Å². The highest BCUT2D eigenvalue weighted by Crippen LogP contribution is 2.18. The van der Waals surface area contributed by atoms with E-state index >= 15 is 0 Å². The molecule has 0 spiro atoms. The van der Waals surface area contributed by atoms with E-state index in [4.69, 9.17) is 4.74 Å². The fraction of sp³-hybridized carbons (Fsp3) is 0.529. The Labute approximate surface area is 141 Å². The van der Waals surface area contributed by atoms with Crippen LogP contribution in [-0.4, -0.2) is 50.4 Å². The third-order valence-electron chi connectivity index (χ3n) is 4.44. The molecule has 1 aliphatic heterocycles. The van der Waals surface area contributed by atoms with Crippen LogP contribution in [0.3, 0.4) is 0 Å². The number of likely N-dealkylation sites (tertiary alicyclic amines) is 1. The van der Waals surface area contributed by atoms with E-state index in [1.54, 1.807) is 18.3 Å².